The van der Waals surface area contributed by atoms with E-state index >= 15 is 0 Å². The van der Waals surface area contributed by atoms with Crippen LogP contribution in [-0.2, 0) is 12.8 Å². The minimum Gasteiger partial charge on any atom is -0.493 e. The van der Waals surface area contributed by atoms with E-state index in [4.69, 9.17) is 0 Å². The lowest BCUT2D eigenvalue weighted by molar-refractivity contribution is 0.447. The summed E-state index contributed by atoms with van der Waals surface area (Å²) < 4.78 is 0. The number of pyridine rings is 1. The number of benzene rings is 1. The van der Waals surface area contributed by atoms with Gasteiger partial charge < -0.3 is 5.11 Å². The molecule has 0 aliphatic heterocycles. The fourth-order valence-corrected chi connectivity index (χ4v) is 1.68. The zero-order chi connectivity index (χ0) is 11.4. The Morgan fingerprint density at radius 3 is 2.38 bits per heavy atom. The Kier molecular flexibility index (Phi) is 3.20. The molecule has 2 heteroatoms. The molecule has 0 amide bonds. The fraction of sp³-hybridized carbons (Fsp3) is 0.214. The van der Waals surface area contributed by atoms with Crippen molar-refractivity contribution < 1.29 is 5.11 Å². The largest absolute Gasteiger partial charge is 0.493 e. The monoisotopic (exact) mass is 213 g/mol. The lowest BCUT2D eigenvalue weighted by Crippen LogP contribution is -1.91. The van der Waals surface area contributed by atoms with E-state index in [9.17, 15) is 5.11 Å². The third-order valence-electron chi connectivity index (χ3n) is 2.69. The lowest BCUT2D eigenvalue weighted by Gasteiger charge is -2.04. The minimum absolute atomic E-state index is 0.127. The first-order chi connectivity index (χ1) is 7.79. The molecule has 2 nitrogen and oxygen atoms in total. The Balaban J connectivity index is 2.18. The highest BCUT2D eigenvalue weighted by Gasteiger charge is 2.02. The maximum atomic E-state index is 9.56. The minimum atomic E-state index is 0.127. The van der Waals surface area contributed by atoms with Crippen LogP contribution in [0, 0.1) is 0 Å². The van der Waals surface area contributed by atoms with Crippen LogP contribution < -0.4 is 0 Å². The molecule has 82 valence electrons. The van der Waals surface area contributed by atoms with Crippen molar-refractivity contribution in [1.82, 2.24) is 4.98 Å². The first-order valence-electron chi connectivity index (χ1n) is 5.50. The van der Waals surface area contributed by atoms with Gasteiger partial charge >= 0.3 is 0 Å². The molecular formula is C14H15NO. The lowest BCUT2D eigenvalue weighted by atomic mass is 10.0. The maximum Gasteiger partial charge on any atom is 0.214 e. The summed E-state index contributed by atoms with van der Waals surface area (Å²) in [5, 5.41) is 9.56. The quantitative estimate of drug-likeness (QED) is 0.850. The Bertz CT molecular complexity index is 462. The van der Waals surface area contributed by atoms with Crippen molar-refractivity contribution in [3.8, 4) is 5.88 Å². The molecule has 2 rings (SSSR count). The van der Waals surface area contributed by atoms with Gasteiger partial charge in [0.1, 0.15) is 0 Å². The second kappa shape index (κ2) is 4.79. The number of hydrogen-bond donors (Lipinski definition) is 1. The molecule has 0 saturated heterocycles. The van der Waals surface area contributed by atoms with Crippen LogP contribution in [0.15, 0.2) is 42.6 Å². The van der Waals surface area contributed by atoms with Gasteiger partial charge in [-0.3, -0.25) is 0 Å². The van der Waals surface area contributed by atoms with Gasteiger partial charge in [0.2, 0.25) is 5.88 Å². The molecule has 1 heterocycles. The molecule has 2 aromatic rings. The second-order valence-electron chi connectivity index (χ2n) is 3.83. The highest BCUT2D eigenvalue weighted by Crippen LogP contribution is 2.17. The van der Waals surface area contributed by atoms with Gasteiger partial charge in [-0.15, -0.1) is 0 Å². The zero-order valence-electron chi connectivity index (χ0n) is 9.35. The summed E-state index contributed by atoms with van der Waals surface area (Å²) in [5.41, 5.74) is 3.39. The third kappa shape index (κ3) is 2.40. The summed E-state index contributed by atoms with van der Waals surface area (Å²) in [6.45, 7) is 2.14. The van der Waals surface area contributed by atoms with Crippen LogP contribution >= 0.6 is 0 Å². The topological polar surface area (TPSA) is 33.1 Å². The average molecular weight is 213 g/mol. The van der Waals surface area contributed by atoms with Gasteiger partial charge in [0, 0.05) is 18.2 Å². The maximum absolute atomic E-state index is 9.56. The van der Waals surface area contributed by atoms with E-state index in [0.29, 0.717) is 0 Å². The third-order valence-corrected chi connectivity index (χ3v) is 2.69. The Morgan fingerprint density at radius 1 is 1.06 bits per heavy atom. The Hall–Kier alpha value is -1.83. The zero-order valence-corrected chi connectivity index (χ0v) is 9.35. The van der Waals surface area contributed by atoms with Gasteiger partial charge in [0.25, 0.3) is 0 Å². The first kappa shape index (κ1) is 10.7. The predicted molar refractivity (Wildman–Crippen MR) is 64.5 cm³/mol. The van der Waals surface area contributed by atoms with Gasteiger partial charge in [-0.05, 0) is 23.6 Å². The van der Waals surface area contributed by atoms with E-state index in [1.165, 1.54) is 11.1 Å². The van der Waals surface area contributed by atoms with Crippen LogP contribution in [0.25, 0.3) is 0 Å². The van der Waals surface area contributed by atoms with Gasteiger partial charge in [0.05, 0.1) is 0 Å². The van der Waals surface area contributed by atoms with Gasteiger partial charge in [0.15, 0.2) is 0 Å². The van der Waals surface area contributed by atoms with Gasteiger partial charge in [-0.25, -0.2) is 4.98 Å². The average Bonchev–Trinajstić information content (AvgIpc) is 2.33. The van der Waals surface area contributed by atoms with Crippen LogP contribution in [0.3, 0.4) is 0 Å². The van der Waals surface area contributed by atoms with Crippen LogP contribution in [0.2, 0.25) is 0 Å². The molecule has 0 bridgehead atoms. The standard InChI is InChI=1S/C14H15NO/c1-2-11-5-7-12(8-6-11)10-13-4-3-9-15-14(13)16/h3-9H,2,10H2,1H3,(H,15,16). The highest BCUT2D eigenvalue weighted by molar-refractivity contribution is 5.32. The molecule has 0 spiro atoms. The summed E-state index contributed by atoms with van der Waals surface area (Å²) in [6.07, 6.45) is 3.38. The smallest absolute Gasteiger partial charge is 0.214 e. The Morgan fingerprint density at radius 2 is 1.75 bits per heavy atom. The van der Waals surface area contributed by atoms with E-state index in [0.717, 1.165) is 18.4 Å². The molecule has 1 aromatic heterocycles. The van der Waals surface area contributed by atoms with Crippen molar-refractivity contribution in [2.45, 2.75) is 19.8 Å². The molecule has 0 radical (unpaired) electrons. The SMILES string of the molecule is CCc1ccc(Cc2cccnc2O)cc1. The molecule has 0 aliphatic rings. The van der Waals surface area contributed by atoms with Crippen molar-refractivity contribution in [2.24, 2.45) is 0 Å². The summed E-state index contributed by atoms with van der Waals surface area (Å²) in [4.78, 5) is 3.86. The number of aryl methyl sites for hydroxylation is 1. The van der Waals surface area contributed by atoms with E-state index in [1.807, 2.05) is 12.1 Å². The van der Waals surface area contributed by atoms with Crippen LogP contribution in [-0.4, -0.2) is 10.1 Å². The molecule has 0 aliphatic carbocycles. The second-order valence-corrected chi connectivity index (χ2v) is 3.83. The number of hydrogen-bond acceptors (Lipinski definition) is 2. The van der Waals surface area contributed by atoms with E-state index in [2.05, 4.69) is 36.2 Å². The first-order valence-corrected chi connectivity index (χ1v) is 5.50. The number of aromatic hydroxyl groups is 1. The van der Waals surface area contributed by atoms with Gasteiger partial charge in [-0.1, -0.05) is 37.3 Å². The normalized spacial score (nSPS) is 10.3. The molecular weight excluding hydrogens is 198 g/mol. The van der Waals surface area contributed by atoms with Gasteiger partial charge in [-0.2, -0.15) is 0 Å². The predicted octanol–water partition coefficient (Wildman–Crippen LogP) is 2.94. The molecule has 16 heavy (non-hydrogen) atoms. The molecule has 0 saturated carbocycles. The number of rotatable bonds is 3. The molecule has 0 atom stereocenters. The number of aromatic nitrogens is 1. The van der Waals surface area contributed by atoms with Crippen LogP contribution in [0.1, 0.15) is 23.6 Å². The number of nitrogens with zero attached hydrogens (tertiary/aromatic N) is 1. The van der Waals surface area contributed by atoms with Crippen molar-refractivity contribution in [2.75, 3.05) is 0 Å². The van der Waals surface area contributed by atoms with E-state index < -0.39 is 0 Å². The van der Waals surface area contributed by atoms with Crippen LogP contribution in [0.4, 0.5) is 0 Å². The molecule has 0 unspecified atom stereocenters. The highest BCUT2D eigenvalue weighted by atomic mass is 16.3. The molecule has 1 aromatic carbocycles. The summed E-state index contributed by atoms with van der Waals surface area (Å²) in [6, 6.07) is 12.2. The van der Waals surface area contributed by atoms with Crippen molar-refractivity contribution in [1.29, 1.82) is 0 Å². The molecule has 0 fully saturated rings. The summed E-state index contributed by atoms with van der Waals surface area (Å²) >= 11 is 0. The molecule has 1 N–H and O–H groups in total. The Labute approximate surface area is 95.6 Å². The van der Waals surface area contributed by atoms with Crippen molar-refractivity contribution >= 4 is 0 Å². The van der Waals surface area contributed by atoms with E-state index in [1.54, 1.807) is 6.20 Å². The van der Waals surface area contributed by atoms with Crippen LogP contribution in [0.5, 0.6) is 5.88 Å². The summed E-state index contributed by atoms with van der Waals surface area (Å²) in [5.74, 6) is 0.127. The van der Waals surface area contributed by atoms with Crippen molar-refractivity contribution in [3.63, 3.8) is 0 Å². The van der Waals surface area contributed by atoms with E-state index in [-0.39, 0.29) is 5.88 Å². The fourth-order valence-electron chi connectivity index (χ4n) is 1.68. The van der Waals surface area contributed by atoms with Crippen molar-refractivity contribution in [3.05, 3.63) is 59.3 Å². The summed E-state index contributed by atoms with van der Waals surface area (Å²) in [7, 11) is 0.